The average Bonchev–Trinajstić information content (AvgIpc) is 2.67. The van der Waals surface area contributed by atoms with Gasteiger partial charge in [-0.3, -0.25) is 0 Å². The van der Waals surface area contributed by atoms with Gasteiger partial charge < -0.3 is 9.64 Å². The number of piperazine rings is 1. The van der Waals surface area contributed by atoms with Gasteiger partial charge in [0.15, 0.2) is 0 Å². The van der Waals surface area contributed by atoms with Crippen LogP contribution in [-0.2, 0) is 10.0 Å². The Bertz CT molecular complexity index is 854. The Hall–Kier alpha value is -1.83. The van der Waals surface area contributed by atoms with Crippen molar-refractivity contribution in [2.45, 2.75) is 6.42 Å². The topological polar surface area (TPSA) is 49.9 Å². The van der Waals surface area contributed by atoms with Gasteiger partial charge in [-0.2, -0.15) is 4.31 Å². The van der Waals surface area contributed by atoms with Crippen LogP contribution in [0.5, 0.6) is 5.75 Å². The van der Waals surface area contributed by atoms with Gasteiger partial charge in [0.1, 0.15) is 11.6 Å². The molecule has 0 spiro atoms. The summed E-state index contributed by atoms with van der Waals surface area (Å²) in [5.41, 5.74) is 1.01. The number of hydrogen-bond acceptors (Lipinski definition) is 4. The lowest BCUT2D eigenvalue weighted by molar-refractivity contribution is 0.314. The first-order valence-electron chi connectivity index (χ1n) is 8.81. The lowest BCUT2D eigenvalue weighted by Crippen LogP contribution is -2.49. The van der Waals surface area contributed by atoms with Crippen molar-refractivity contribution >= 4 is 27.3 Å². The lowest BCUT2D eigenvalue weighted by atomic mass is 10.2. The fraction of sp³-hybridized carbons (Fsp3) is 0.368. The number of rotatable bonds is 7. The highest BCUT2D eigenvalue weighted by Crippen LogP contribution is 2.21. The standard InChI is InChI=1S/C19H22ClFN2O3S/c20-16-3-1-4-18(15-16)22-9-11-23(12-10-22)27(24,25)14-2-13-26-19-7-5-17(21)6-8-19/h1,3-8,15H,2,9-14H2. The third-order valence-electron chi connectivity index (χ3n) is 4.43. The molecule has 0 amide bonds. The number of anilines is 1. The number of hydrogen-bond donors (Lipinski definition) is 0. The molecule has 0 aromatic heterocycles. The molecule has 8 heteroatoms. The Kier molecular flexibility index (Phi) is 6.57. The minimum Gasteiger partial charge on any atom is -0.494 e. The first-order valence-corrected chi connectivity index (χ1v) is 10.8. The third kappa shape index (κ3) is 5.57. The van der Waals surface area contributed by atoms with Crippen LogP contribution >= 0.6 is 11.6 Å². The van der Waals surface area contributed by atoms with Crippen LogP contribution in [0.3, 0.4) is 0 Å². The SMILES string of the molecule is O=S(=O)(CCCOc1ccc(F)cc1)N1CCN(c2cccc(Cl)c2)CC1. The summed E-state index contributed by atoms with van der Waals surface area (Å²) in [6.45, 7) is 2.44. The van der Waals surface area contributed by atoms with Gasteiger partial charge in [0.2, 0.25) is 10.0 Å². The normalized spacial score (nSPS) is 15.7. The highest BCUT2D eigenvalue weighted by molar-refractivity contribution is 7.89. The van der Waals surface area contributed by atoms with E-state index in [1.165, 1.54) is 28.6 Å². The first-order chi connectivity index (χ1) is 12.9. The summed E-state index contributed by atoms with van der Waals surface area (Å²) in [7, 11) is -3.32. The van der Waals surface area contributed by atoms with E-state index in [4.69, 9.17) is 16.3 Å². The monoisotopic (exact) mass is 412 g/mol. The van der Waals surface area contributed by atoms with Crippen LogP contribution in [0.2, 0.25) is 5.02 Å². The minimum atomic E-state index is -3.32. The van der Waals surface area contributed by atoms with Crippen molar-refractivity contribution in [2.75, 3.05) is 43.4 Å². The predicted molar refractivity (Wildman–Crippen MR) is 106 cm³/mol. The minimum absolute atomic E-state index is 0.0331. The molecule has 2 aromatic rings. The molecule has 2 aromatic carbocycles. The van der Waals surface area contributed by atoms with E-state index in [9.17, 15) is 12.8 Å². The number of sulfonamides is 1. The van der Waals surface area contributed by atoms with Crippen molar-refractivity contribution in [2.24, 2.45) is 0 Å². The zero-order valence-electron chi connectivity index (χ0n) is 14.9. The molecule has 0 radical (unpaired) electrons. The number of halogens is 2. The highest BCUT2D eigenvalue weighted by Gasteiger charge is 2.26. The van der Waals surface area contributed by atoms with Gasteiger partial charge in [0, 0.05) is 36.9 Å². The molecule has 0 bridgehead atoms. The Balaban J connectivity index is 1.44. The number of nitrogens with zero attached hydrogens (tertiary/aromatic N) is 2. The maximum absolute atomic E-state index is 12.8. The molecule has 0 N–H and O–H groups in total. The van der Waals surface area contributed by atoms with E-state index < -0.39 is 10.0 Å². The van der Waals surface area contributed by atoms with E-state index in [1.807, 2.05) is 24.3 Å². The smallest absolute Gasteiger partial charge is 0.214 e. The summed E-state index contributed by atoms with van der Waals surface area (Å²) >= 11 is 6.02. The van der Waals surface area contributed by atoms with Gasteiger partial charge in [0.05, 0.1) is 12.4 Å². The van der Waals surface area contributed by atoms with Gasteiger partial charge in [-0.1, -0.05) is 17.7 Å². The molecular formula is C19H22ClFN2O3S. The highest BCUT2D eigenvalue weighted by atomic mass is 35.5. The molecule has 3 rings (SSSR count). The second-order valence-electron chi connectivity index (χ2n) is 6.34. The van der Waals surface area contributed by atoms with Gasteiger partial charge in [-0.15, -0.1) is 0 Å². The molecule has 1 heterocycles. The van der Waals surface area contributed by atoms with Crippen LogP contribution in [0.4, 0.5) is 10.1 Å². The van der Waals surface area contributed by atoms with E-state index in [0.29, 0.717) is 43.4 Å². The largest absolute Gasteiger partial charge is 0.494 e. The summed E-state index contributed by atoms with van der Waals surface area (Å²) in [5, 5.41) is 0.670. The van der Waals surface area contributed by atoms with Crippen molar-refractivity contribution < 1.29 is 17.5 Å². The fourth-order valence-corrected chi connectivity index (χ4v) is 4.63. The summed E-state index contributed by atoms with van der Waals surface area (Å²) in [6, 6.07) is 13.2. The molecule has 0 saturated carbocycles. The summed E-state index contributed by atoms with van der Waals surface area (Å²) < 4.78 is 44.9. The van der Waals surface area contributed by atoms with Crippen LogP contribution in [0.1, 0.15) is 6.42 Å². The summed E-state index contributed by atoms with van der Waals surface area (Å²) in [6.07, 6.45) is 0.383. The summed E-state index contributed by atoms with van der Waals surface area (Å²) in [4.78, 5) is 2.13. The van der Waals surface area contributed by atoms with Crippen molar-refractivity contribution in [1.82, 2.24) is 4.31 Å². The maximum atomic E-state index is 12.8. The molecule has 0 unspecified atom stereocenters. The maximum Gasteiger partial charge on any atom is 0.214 e. The van der Waals surface area contributed by atoms with Gasteiger partial charge in [-0.25, -0.2) is 12.8 Å². The molecule has 1 aliphatic rings. The van der Waals surface area contributed by atoms with Crippen LogP contribution in [0.15, 0.2) is 48.5 Å². The van der Waals surface area contributed by atoms with E-state index >= 15 is 0 Å². The van der Waals surface area contributed by atoms with Gasteiger partial charge in [-0.05, 0) is 48.9 Å². The molecule has 146 valence electrons. The van der Waals surface area contributed by atoms with Crippen molar-refractivity contribution in [3.05, 3.63) is 59.4 Å². The molecule has 5 nitrogen and oxygen atoms in total. The van der Waals surface area contributed by atoms with E-state index in [1.54, 1.807) is 0 Å². The van der Waals surface area contributed by atoms with E-state index in [-0.39, 0.29) is 18.2 Å². The van der Waals surface area contributed by atoms with Crippen molar-refractivity contribution in [3.63, 3.8) is 0 Å². The fourth-order valence-electron chi connectivity index (χ4n) is 2.99. The van der Waals surface area contributed by atoms with Crippen molar-refractivity contribution in [1.29, 1.82) is 0 Å². The second-order valence-corrected chi connectivity index (χ2v) is 8.86. The second kappa shape index (κ2) is 8.91. The van der Waals surface area contributed by atoms with Crippen LogP contribution in [0.25, 0.3) is 0 Å². The molecule has 0 aliphatic carbocycles. The average molecular weight is 413 g/mol. The molecule has 0 atom stereocenters. The molecular weight excluding hydrogens is 391 g/mol. The lowest BCUT2D eigenvalue weighted by Gasteiger charge is -2.35. The van der Waals surface area contributed by atoms with E-state index in [0.717, 1.165) is 5.69 Å². The number of ether oxygens (including phenoxy) is 1. The van der Waals surface area contributed by atoms with Crippen LogP contribution in [-0.4, -0.2) is 51.3 Å². The Morgan fingerprint density at radius 1 is 1.04 bits per heavy atom. The molecule has 1 saturated heterocycles. The van der Waals surface area contributed by atoms with Crippen molar-refractivity contribution in [3.8, 4) is 5.75 Å². The van der Waals surface area contributed by atoms with Gasteiger partial charge >= 0.3 is 0 Å². The first kappa shape index (κ1) is 19.9. The molecule has 27 heavy (non-hydrogen) atoms. The Labute approximate surface area is 164 Å². The Morgan fingerprint density at radius 3 is 2.41 bits per heavy atom. The molecule has 1 fully saturated rings. The third-order valence-corrected chi connectivity index (χ3v) is 6.63. The zero-order valence-corrected chi connectivity index (χ0v) is 16.4. The zero-order chi connectivity index (χ0) is 19.3. The quantitative estimate of drug-likeness (QED) is 0.654. The summed E-state index contributed by atoms with van der Waals surface area (Å²) in [5.74, 6) is 0.233. The van der Waals surface area contributed by atoms with Crippen LogP contribution in [0, 0.1) is 5.82 Å². The van der Waals surface area contributed by atoms with Crippen LogP contribution < -0.4 is 9.64 Å². The number of benzene rings is 2. The molecule has 1 aliphatic heterocycles. The Morgan fingerprint density at radius 2 is 1.74 bits per heavy atom. The predicted octanol–water partition coefficient (Wildman–Crippen LogP) is 3.40. The van der Waals surface area contributed by atoms with Gasteiger partial charge in [0.25, 0.3) is 0 Å². The van der Waals surface area contributed by atoms with E-state index in [2.05, 4.69) is 4.90 Å².